The average Bonchev–Trinajstić information content (AvgIpc) is 2.15. The van der Waals surface area contributed by atoms with Crippen LogP contribution in [0.4, 0.5) is 0 Å². The van der Waals surface area contributed by atoms with E-state index in [-0.39, 0.29) is 5.78 Å². The van der Waals surface area contributed by atoms with E-state index in [1.165, 1.54) is 0 Å². The third-order valence-corrected chi connectivity index (χ3v) is 1.88. The highest BCUT2D eigenvalue weighted by atomic mass is 16.3. The second-order valence-corrected chi connectivity index (χ2v) is 3.18. The molecule has 70 valence electrons. The maximum absolute atomic E-state index is 11.4. The van der Waals surface area contributed by atoms with Crippen molar-refractivity contribution in [2.75, 3.05) is 0 Å². The Morgan fingerprint density at radius 2 is 2.00 bits per heavy atom. The molecule has 0 fully saturated rings. The van der Waals surface area contributed by atoms with Gasteiger partial charge in [0, 0.05) is 12.0 Å². The number of rotatable bonds is 4. The summed E-state index contributed by atoms with van der Waals surface area (Å²) in [6.45, 7) is 1.69. The molecule has 0 aliphatic rings. The van der Waals surface area contributed by atoms with Crippen LogP contribution in [0.1, 0.15) is 30.1 Å². The molecule has 0 saturated heterocycles. The second-order valence-electron chi connectivity index (χ2n) is 3.18. The van der Waals surface area contributed by atoms with Crippen LogP contribution < -0.4 is 0 Å². The number of aliphatic hydroxyl groups is 1. The van der Waals surface area contributed by atoms with Gasteiger partial charge in [-0.2, -0.15) is 0 Å². The van der Waals surface area contributed by atoms with Gasteiger partial charge in [0.2, 0.25) is 0 Å². The van der Waals surface area contributed by atoms with Crippen molar-refractivity contribution in [1.82, 2.24) is 0 Å². The van der Waals surface area contributed by atoms with Crippen LogP contribution in [0.5, 0.6) is 0 Å². The van der Waals surface area contributed by atoms with Gasteiger partial charge < -0.3 is 5.11 Å². The quantitative estimate of drug-likeness (QED) is 0.716. The van der Waals surface area contributed by atoms with Crippen LogP contribution in [-0.4, -0.2) is 17.0 Å². The molecule has 1 aromatic carbocycles. The molecule has 0 saturated carbocycles. The lowest BCUT2D eigenvalue weighted by Gasteiger charge is -2.02. The molecule has 13 heavy (non-hydrogen) atoms. The molecule has 0 radical (unpaired) electrons. The monoisotopic (exact) mass is 178 g/mol. The summed E-state index contributed by atoms with van der Waals surface area (Å²) < 4.78 is 0. The lowest BCUT2D eigenvalue weighted by atomic mass is 10.1. The number of hydrogen-bond donors (Lipinski definition) is 1. The van der Waals surface area contributed by atoms with Crippen molar-refractivity contribution in [2.45, 2.75) is 25.9 Å². The van der Waals surface area contributed by atoms with Gasteiger partial charge in [-0.25, -0.2) is 0 Å². The zero-order valence-corrected chi connectivity index (χ0v) is 7.73. The number of ketones is 1. The number of carbonyl (C=O) groups excluding carboxylic acids is 1. The van der Waals surface area contributed by atoms with Crippen LogP contribution in [-0.2, 0) is 0 Å². The fourth-order valence-corrected chi connectivity index (χ4v) is 1.11. The number of Topliss-reactive ketones (excluding diaryl/α,β-unsaturated/α-hetero) is 1. The van der Waals surface area contributed by atoms with Gasteiger partial charge in [-0.05, 0) is 13.3 Å². The lowest BCUT2D eigenvalue weighted by molar-refractivity contribution is 0.0949. The molecule has 2 heteroatoms. The summed E-state index contributed by atoms with van der Waals surface area (Å²) in [6.07, 6.45) is 0.558. The van der Waals surface area contributed by atoms with Gasteiger partial charge in [-0.15, -0.1) is 0 Å². The molecule has 1 N–H and O–H groups in total. The Hall–Kier alpha value is -1.15. The molecular formula is C11H14O2. The highest BCUT2D eigenvalue weighted by Gasteiger charge is 2.05. The van der Waals surface area contributed by atoms with E-state index in [2.05, 4.69) is 0 Å². The summed E-state index contributed by atoms with van der Waals surface area (Å²) in [5.41, 5.74) is 0.725. The van der Waals surface area contributed by atoms with E-state index < -0.39 is 6.10 Å². The minimum absolute atomic E-state index is 0.0986. The summed E-state index contributed by atoms with van der Waals surface area (Å²) in [5.74, 6) is 0.0986. The van der Waals surface area contributed by atoms with Crippen molar-refractivity contribution in [3.8, 4) is 0 Å². The molecule has 1 atom stereocenters. The summed E-state index contributed by atoms with van der Waals surface area (Å²) in [7, 11) is 0. The van der Waals surface area contributed by atoms with E-state index in [1.54, 1.807) is 19.1 Å². The number of aliphatic hydroxyl groups excluding tert-OH is 1. The summed E-state index contributed by atoms with van der Waals surface area (Å²) in [6, 6.07) is 9.16. The van der Waals surface area contributed by atoms with Crippen molar-refractivity contribution in [3.05, 3.63) is 35.9 Å². The first-order valence-corrected chi connectivity index (χ1v) is 4.46. The van der Waals surface area contributed by atoms with Gasteiger partial charge in [0.05, 0.1) is 6.10 Å². The van der Waals surface area contributed by atoms with Crippen molar-refractivity contribution in [1.29, 1.82) is 0 Å². The van der Waals surface area contributed by atoms with Gasteiger partial charge in [-0.1, -0.05) is 30.3 Å². The molecule has 1 rings (SSSR count). The predicted octanol–water partition coefficient (Wildman–Crippen LogP) is 2.03. The Labute approximate surface area is 78.2 Å². The van der Waals surface area contributed by atoms with Crippen molar-refractivity contribution >= 4 is 5.78 Å². The van der Waals surface area contributed by atoms with Crippen molar-refractivity contribution < 1.29 is 9.90 Å². The van der Waals surface area contributed by atoms with Crippen LogP contribution in [0.2, 0.25) is 0 Å². The molecule has 0 aliphatic carbocycles. The SMILES string of the molecule is C[C@@H](O)CCC(=O)c1ccccc1. The van der Waals surface area contributed by atoms with E-state index in [0.29, 0.717) is 12.8 Å². The Morgan fingerprint density at radius 1 is 1.38 bits per heavy atom. The van der Waals surface area contributed by atoms with Gasteiger partial charge >= 0.3 is 0 Å². The van der Waals surface area contributed by atoms with Crippen LogP contribution in [0.3, 0.4) is 0 Å². The first-order valence-electron chi connectivity index (χ1n) is 4.46. The molecule has 0 bridgehead atoms. The number of carbonyl (C=O) groups is 1. The number of benzene rings is 1. The van der Waals surface area contributed by atoms with Gasteiger partial charge in [0.25, 0.3) is 0 Å². The fraction of sp³-hybridized carbons (Fsp3) is 0.364. The molecule has 0 heterocycles. The summed E-state index contributed by atoms with van der Waals surface area (Å²) in [5, 5.41) is 9.00. The van der Waals surface area contributed by atoms with E-state index in [0.717, 1.165) is 5.56 Å². The largest absolute Gasteiger partial charge is 0.393 e. The third-order valence-electron chi connectivity index (χ3n) is 1.88. The normalized spacial score (nSPS) is 12.5. The summed E-state index contributed by atoms with van der Waals surface area (Å²) >= 11 is 0. The molecule has 0 aliphatic heterocycles. The number of hydrogen-bond acceptors (Lipinski definition) is 2. The van der Waals surface area contributed by atoms with Crippen LogP contribution in [0, 0.1) is 0 Å². The third kappa shape index (κ3) is 3.38. The predicted molar refractivity (Wildman–Crippen MR) is 51.7 cm³/mol. The first kappa shape index (κ1) is 9.93. The molecule has 2 nitrogen and oxygen atoms in total. The van der Waals surface area contributed by atoms with Gasteiger partial charge in [0.1, 0.15) is 0 Å². The Morgan fingerprint density at radius 3 is 2.54 bits per heavy atom. The van der Waals surface area contributed by atoms with E-state index in [9.17, 15) is 4.79 Å². The van der Waals surface area contributed by atoms with E-state index in [4.69, 9.17) is 5.11 Å². The zero-order valence-electron chi connectivity index (χ0n) is 7.73. The van der Waals surface area contributed by atoms with Crippen LogP contribution >= 0.6 is 0 Å². The van der Waals surface area contributed by atoms with Gasteiger partial charge in [-0.3, -0.25) is 4.79 Å². The highest BCUT2D eigenvalue weighted by molar-refractivity contribution is 5.95. The van der Waals surface area contributed by atoms with Gasteiger partial charge in [0.15, 0.2) is 5.78 Å². The first-order chi connectivity index (χ1) is 6.20. The Balaban J connectivity index is 2.50. The Bertz CT molecular complexity index is 265. The smallest absolute Gasteiger partial charge is 0.162 e. The highest BCUT2D eigenvalue weighted by Crippen LogP contribution is 2.06. The molecule has 0 unspecified atom stereocenters. The van der Waals surface area contributed by atoms with E-state index >= 15 is 0 Å². The van der Waals surface area contributed by atoms with Crippen LogP contribution in [0.15, 0.2) is 30.3 Å². The lowest BCUT2D eigenvalue weighted by Crippen LogP contribution is -2.05. The molecule has 0 amide bonds. The van der Waals surface area contributed by atoms with Crippen molar-refractivity contribution in [3.63, 3.8) is 0 Å². The van der Waals surface area contributed by atoms with Crippen molar-refractivity contribution in [2.24, 2.45) is 0 Å². The average molecular weight is 178 g/mol. The maximum atomic E-state index is 11.4. The second kappa shape index (κ2) is 4.77. The minimum atomic E-state index is -0.396. The molecule has 1 aromatic rings. The molecule has 0 aromatic heterocycles. The zero-order chi connectivity index (χ0) is 9.68. The summed E-state index contributed by atoms with van der Waals surface area (Å²) in [4.78, 5) is 11.4. The standard InChI is InChI=1S/C11H14O2/c1-9(12)7-8-11(13)10-5-3-2-4-6-10/h2-6,9,12H,7-8H2,1H3/t9-/m1/s1. The van der Waals surface area contributed by atoms with E-state index in [1.807, 2.05) is 18.2 Å². The molecular weight excluding hydrogens is 164 g/mol. The maximum Gasteiger partial charge on any atom is 0.162 e. The molecule has 0 spiro atoms. The van der Waals surface area contributed by atoms with Crippen LogP contribution in [0.25, 0.3) is 0 Å². The fourth-order valence-electron chi connectivity index (χ4n) is 1.11. The topological polar surface area (TPSA) is 37.3 Å². The minimum Gasteiger partial charge on any atom is -0.393 e. The Kier molecular flexibility index (Phi) is 3.65.